The lowest BCUT2D eigenvalue weighted by Gasteiger charge is -2.11. The van der Waals surface area contributed by atoms with Crippen LogP contribution in [0.2, 0.25) is 0 Å². The molecule has 1 aromatic rings. The minimum Gasteiger partial charge on any atom is -0.491 e. The van der Waals surface area contributed by atoms with Gasteiger partial charge in [0, 0.05) is 12.8 Å². The van der Waals surface area contributed by atoms with Crippen molar-refractivity contribution in [3.8, 4) is 11.6 Å². The summed E-state index contributed by atoms with van der Waals surface area (Å²) in [6.07, 6.45) is 1.53. The zero-order chi connectivity index (χ0) is 17.2. The highest BCUT2D eigenvalue weighted by Gasteiger charge is 2.14. The number of ether oxygens (including phenoxy) is 3. The van der Waals surface area contributed by atoms with Gasteiger partial charge in [0.05, 0.1) is 20.3 Å². The van der Waals surface area contributed by atoms with E-state index in [9.17, 15) is 9.59 Å². The number of nitrogens with zero attached hydrogens (tertiary/aromatic N) is 1. The molecule has 0 radical (unpaired) electrons. The van der Waals surface area contributed by atoms with Gasteiger partial charge in [0.2, 0.25) is 5.91 Å². The van der Waals surface area contributed by atoms with E-state index < -0.39 is 12.0 Å². The van der Waals surface area contributed by atoms with Crippen molar-refractivity contribution < 1.29 is 23.8 Å². The molecule has 0 aliphatic heterocycles. The van der Waals surface area contributed by atoms with E-state index in [1.165, 1.54) is 13.3 Å². The third-order valence-electron chi connectivity index (χ3n) is 2.82. The monoisotopic (exact) mass is 325 g/mol. The fraction of sp³-hybridized carbons (Fsp3) is 0.533. The van der Waals surface area contributed by atoms with E-state index in [0.717, 1.165) is 12.0 Å². The molecule has 3 N–H and O–H groups in total. The van der Waals surface area contributed by atoms with Crippen LogP contribution in [0.4, 0.5) is 4.79 Å². The van der Waals surface area contributed by atoms with Crippen molar-refractivity contribution in [3.63, 3.8) is 0 Å². The molecule has 128 valence electrons. The van der Waals surface area contributed by atoms with E-state index in [0.29, 0.717) is 19.1 Å². The summed E-state index contributed by atoms with van der Waals surface area (Å²) >= 11 is 0. The maximum atomic E-state index is 11.5. The molecule has 0 aliphatic rings. The van der Waals surface area contributed by atoms with Gasteiger partial charge in [-0.3, -0.25) is 10.1 Å². The van der Waals surface area contributed by atoms with Gasteiger partial charge in [-0.15, -0.1) is 0 Å². The molecule has 8 nitrogen and oxygen atoms in total. The fourth-order valence-electron chi connectivity index (χ4n) is 1.56. The van der Waals surface area contributed by atoms with Crippen LogP contribution in [0.5, 0.6) is 11.6 Å². The number of carbonyl (C=O) groups excluding carboxylic acids is 2. The summed E-state index contributed by atoms with van der Waals surface area (Å²) in [4.78, 5) is 26.5. The third kappa shape index (κ3) is 7.07. The molecule has 1 rings (SSSR count). The average molecular weight is 325 g/mol. The molecule has 0 atom stereocenters. The first-order chi connectivity index (χ1) is 11.0. The number of imide groups is 1. The van der Waals surface area contributed by atoms with Gasteiger partial charge in [-0.05, 0) is 24.0 Å². The molecule has 0 bridgehead atoms. The first kappa shape index (κ1) is 18.9. The summed E-state index contributed by atoms with van der Waals surface area (Å²) < 4.78 is 15.6. The molecule has 0 spiro atoms. The third-order valence-corrected chi connectivity index (χ3v) is 2.82. The molecular formula is C15H23N3O5. The lowest BCUT2D eigenvalue weighted by molar-refractivity contribution is -0.118. The predicted molar refractivity (Wildman–Crippen MR) is 83.1 cm³/mol. The summed E-state index contributed by atoms with van der Waals surface area (Å²) in [6, 6.07) is 1.66. The Kier molecular flexibility index (Phi) is 8.00. The van der Waals surface area contributed by atoms with Crippen LogP contribution >= 0.6 is 0 Å². The maximum Gasteiger partial charge on any atom is 0.420 e. The molecule has 0 fully saturated rings. The molecule has 8 heteroatoms. The zero-order valence-electron chi connectivity index (χ0n) is 13.6. The van der Waals surface area contributed by atoms with Gasteiger partial charge >= 0.3 is 6.09 Å². The van der Waals surface area contributed by atoms with Gasteiger partial charge in [0.1, 0.15) is 0 Å². The van der Waals surface area contributed by atoms with Crippen molar-refractivity contribution in [3.05, 3.63) is 17.8 Å². The highest BCUT2D eigenvalue weighted by molar-refractivity contribution is 5.93. The molecule has 0 unspecified atom stereocenters. The van der Waals surface area contributed by atoms with Crippen LogP contribution < -0.4 is 20.5 Å². The van der Waals surface area contributed by atoms with Gasteiger partial charge < -0.3 is 19.9 Å². The Morgan fingerprint density at radius 1 is 1.39 bits per heavy atom. The van der Waals surface area contributed by atoms with E-state index in [1.54, 1.807) is 6.07 Å². The molecular weight excluding hydrogens is 302 g/mol. The molecule has 2 amide bonds. The summed E-state index contributed by atoms with van der Waals surface area (Å²) in [5.74, 6) is 0.156. The highest BCUT2D eigenvalue weighted by Crippen LogP contribution is 2.25. The molecule has 0 saturated carbocycles. The molecule has 0 saturated heterocycles. The number of pyridine rings is 1. The number of rotatable bonds is 8. The molecule has 23 heavy (non-hydrogen) atoms. The van der Waals surface area contributed by atoms with Crippen LogP contribution in [-0.4, -0.2) is 37.2 Å². The number of carbonyl (C=O) groups is 2. The minimum atomic E-state index is -0.966. The molecule has 0 aliphatic carbocycles. The quantitative estimate of drug-likeness (QED) is 0.691. The lowest BCUT2D eigenvalue weighted by Crippen LogP contribution is -2.37. The average Bonchev–Trinajstić information content (AvgIpc) is 2.52. The lowest BCUT2D eigenvalue weighted by atomic mass is 10.1. The van der Waals surface area contributed by atoms with Crippen LogP contribution in [0.15, 0.2) is 12.3 Å². The number of methoxy groups -OCH3 is 1. The Morgan fingerprint density at radius 2 is 2.13 bits per heavy atom. The molecule has 1 heterocycles. The smallest absolute Gasteiger partial charge is 0.420 e. The Morgan fingerprint density at radius 3 is 2.74 bits per heavy atom. The topological polar surface area (TPSA) is 113 Å². The second kappa shape index (κ2) is 9.75. The minimum absolute atomic E-state index is 0.0410. The van der Waals surface area contributed by atoms with Crippen LogP contribution in [0, 0.1) is 5.92 Å². The molecule has 0 aromatic carbocycles. The highest BCUT2D eigenvalue weighted by atomic mass is 16.6. The van der Waals surface area contributed by atoms with Crippen LogP contribution in [0.1, 0.15) is 25.8 Å². The number of aromatic nitrogens is 1. The summed E-state index contributed by atoms with van der Waals surface area (Å²) in [5, 5.41) is 1.95. The molecule has 1 aromatic heterocycles. The first-order valence-corrected chi connectivity index (χ1v) is 7.28. The zero-order valence-corrected chi connectivity index (χ0v) is 13.6. The number of nitrogens with two attached hydrogens (primary N) is 1. The SMILES string of the molecule is COc1cc(COCCC(C)C)cnc1OC(=O)NC(=O)CN. The predicted octanol–water partition coefficient (Wildman–Crippen LogP) is 1.23. The Labute approximate surface area is 135 Å². The van der Waals surface area contributed by atoms with Crippen molar-refractivity contribution in [2.75, 3.05) is 20.3 Å². The van der Waals surface area contributed by atoms with Crippen LogP contribution in [-0.2, 0) is 16.1 Å². The fourth-order valence-corrected chi connectivity index (χ4v) is 1.56. The summed E-state index contributed by atoms with van der Waals surface area (Å²) in [5.41, 5.74) is 5.88. The van der Waals surface area contributed by atoms with Crippen molar-refractivity contribution >= 4 is 12.0 Å². The van der Waals surface area contributed by atoms with Crippen molar-refractivity contribution in [2.45, 2.75) is 26.9 Å². The van der Waals surface area contributed by atoms with E-state index in [1.807, 2.05) is 5.32 Å². The standard InChI is InChI=1S/C15H23N3O5/c1-10(2)4-5-22-9-11-6-12(21-3)14(17-8-11)23-15(20)18-13(19)7-16/h6,8,10H,4-5,7,9,16H2,1-3H3,(H,18,19,20). The second-order valence-electron chi connectivity index (χ2n) is 5.23. The largest absolute Gasteiger partial charge is 0.491 e. The van der Waals surface area contributed by atoms with E-state index in [2.05, 4.69) is 18.8 Å². The van der Waals surface area contributed by atoms with Crippen LogP contribution in [0.25, 0.3) is 0 Å². The van der Waals surface area contributed by atoms with Gasteiger partial charge in [-0.25, -0.2) is 9.78 Å². The second-order valence-corrected chi connectivity index (χ2v) is 5.23. The number of nitrogens with one attached hydrogen (secondary N) is 1. The summed E-state index contributed by atoms with van der Waals surface area (Å²) in [6.45, 7) is 4.98. The van der Waals surface area contributed by atoms with E-state index in [4.69, 9.17) is 19.9 Å². The van der Waals surface area contributed by atoms with Crippen molar-refractivity contribution in [2.24, 2.45) is 11.7 Å². The first-order valence-electron chi connectivity index (χ1n) is 7.28. The number of amides is 2. The van der Waals surface area contributed by atoms with Crippen molar-refractivity contribution in [1.29, 1.82) is 0 Å². The van der Waals surface area contributed by atoms with Gasteiger partial charge in [0.15, 0.2) is 5.75 Å². The maximum absolute atomic E-state index is 11.5. The normalized spacial score (nSPS) is 10.5. The Bertz CT molecular complexity index is 534. The van der Waals surface area contributed by atoms with Crippen LogP contribution in [0.3, 0.4) is 0 Å². The Balaban J connectivity index is 2.61. The number of hydrogen-bond donors (Lipinski definition) is 2. The van der Waals surface area contributed by atoms with Crippen molar-refractivity contribution in [1.82, 2.24) is 10.3 Å². The number of hydrogen-bond acceptors (Lipinski definition) is 7. The Hall–Kier alpha value is -2.19. The van der Waals surface area contributed by atoms with Gasteiger partial charge in [-0.1, -0.05) is 13.8 Å². The van der Waals surface area contributed by atoms with E-state index in [-0.39, 0.29) is 18.2 Å². The van der Waals surface area contributed by atoms with Gasteiger partial charge in [0.25, 0.3) is 5.88 Å². The summed E-state index contributed by atoms with van der Waals surface area (Å²) in [7, 11) is 1.43. The van der Waals surface area contributed by atoms with Gasteiger partial charge in [-0.2, -0.15) is 0 Å². The van der Waals surface area contributed by atoms with E-state index >= 15 is 0 Å².